The number of hydrogen-bond donors (Lipinski definition) is 25. The van der Waals surface area contributed by atoms with Crippen LogP contribution in [-0.4, -0.2) is 394 Å². The number of rotatable bonds is 41. The second kappa shape index (κ2) is 46.1. The van der Waals surface area contributed by atoms with E-state index in [4.69, 9.17) is 62.6 Å². The van der Waals surface area contributed by atoms with Gasteiger partial charge in [-0.15, -0.1) is 0 Å². The smallest absolute Gasteiger partial charge is 0.234 e. The molecule has 0 aromatic carbocycles. The van der Waals surface area contributed by atoms with Crippen LogP contribution in [0.15, 0.2) is 0 Å². The van der Waals surface area contributed by atoms with Crippen molar-refractivity contribution in [3.8, 4) is 0 Å². The molecule has 6 aliphatic rings. The molecule has 31 atom stereocenters. The van der Waals surface area contributed by atoms with Gasteiger partial charge in [-0.05, 0) is 65.3 Å². The zero-order valence-corrected chi connectivity index (χ0v) is 57.8. The molecule has 104 heavy (non-hydrogen) atoms. The average Bonchev–Trinajstić information content (AvgIpc) is 0.784. The summed E-state index contributed by atoms with van der Waals surface area (Å²) in [4.78, 5) is 60.4. The molecule has 606 valence electrons. The molecule has 0 bridgehead atoms. The number of hydrazine groups is 1. The summed E-state index contributed by atoms with van der Waals surface area (Å²) in [5, 5.41) is 210. The topological polar surface area (TPSA) is 675 Å². The minimum absolute atomic E-state index is 0.0565. The van der Waals surface area contributed by atoms with Gasteiger partial charge in [0.15, 0.2) is 37.7 Å². The summed E-state index contributed by atoms with van der Waals surface area (Å²) >= 11 is 0. The van der Waals surface area contributed by atoms with Gasteiger partial charge in [0, 0.05) is 45.2 Å². The number of carbonyl (C=O) groups excluding carboxylic acids is 5. The van der Waals surface area contributed by atoms with Gasteiger partial charge in [-0.1, -0.05) is 6.42 Å². The largest absolute Gasteiger partial charge is 0.394 e. The summed E-state index contributed by atoms with van der Waals surface area (Å²) < 4.78 is 67.6. The van der Waals surface area contributed by atoms with E-state index in [1.807, 2.05) is 6.92 Å². The van der Waals surface area contributed by atoms with Gasteiger partial charge in [0.1, 0.15) is 158 Å². The van der Waals surface area contributed by atoms with Gasteiger partial charge in [0.25, 0.3) is 0 Å². The van der Waals surface area contributed by atoms with Gasteiger partial charge < -0.3 is 175 Å². The van der Waals surface area contributed by atoms with Crippen LogP contribution in [0.1, 0.15) is 97.3 Å². The highest BCUT2D eigenvalue weighted by molar-refractivity contribution is 5.82. The average molecular weight is 1520 g/mol. The lowest BCUT2D eigenvalue weighted by molar-refractivity contribution is -0.387. The Morgan fingerprint density at radius 2 is 0.712 bits per heavy atom. The first-order chi connectivity index (χ1) is 49.6. The highest BCUT2D eigenvalue weighted by Crippen LogP contribution is 2.36. The zero-order chi connectivity index (χ0) is 77.1. The number of carbonyl (C=O) groups is 5. The molecule has 6 rings (SSSR count). The Balaban J connectivity index is 0.000000378. The highest BCUT2D eigenvalue weighted by Gasteiger charge is 2.57. The first-order valence-corrected chi connectivity index (χ1v) is 34.8. The molecule has 42 nitrogen and oxygen atoms in total. The second-order valence-corrected chi connectivity index (χ2v) is 25.9. The fourth-order valence-electron chi connectivity index (χ4n) is 11.9. The van der Waals surface area contributed by atoms with E-state index in [1.165, 1.54) is 6.92 Å². The molecule has 26 N–H and O–H groups in total. The zero-order valence-electron chi connectivity index (χ0n) is 57.8. The van der Waals surface area contributed by atoms with Crippen molar-refractivity contribution in [2.24, 2.45) is 5.73 Å². The number of nitrogens with one attached hydrogen (secondary N) is 4. The number of aliphatic hydroxyl groups is 20. The van der Waals surface area contributed by atoms with Gasteiger partial charge in [-0.3, -0.25) is 29.4 Å². The van der Waals surface area contributed by atoms with Gasteiger partial charge in [0.05, 0.1) is 58.9 Å². The van der Waals surface area contributed by atoms with Crippen molar-refractivity contribution < 1.29 is 183 Å². The molecule has 0 radical (unpaired) electrons. The van der Waals surface area contributed by atoms with Gasteiger partial charge in [0.2, 0.25) is 17.7 Å². The third-order valence-electron chi connectivity index (χ3n) is 18.1. The van der Waals surface area contributed by atoms with Crippen molar-refractivity contribution in [1.82, 2.24) is 21.5 Å². The summed E-state index contributed by atoms with van der Waals surface area (Å²) in [5.41, 5.74) is 10.7. The summed E-state index contributed by atoms with van der Waals surface area (Å²) in [6.45, 7) is -0.983. The summed E-state index contributed by atoms with van der Waals surface area (Å²) in [6.07, 6.45) is -45.9. The van der Waals surface area contributed by atoms with Crippen LogP contribution in [0.3, 0.4) is 0 Å². The lowest BCUT2D eigenvalue weighted by Gasteiger charge is -2.48. The molecular weight excluding hydrogens is 1410 g/mol. The summed E-state index contributed by atoms with van der Waals surface area (Å²) in [7, 11) is 0. The van der Waals surface area contributed by atoms with Crippen LogP contribution < -0.4 is 27.2 Å². The first-order valence-electron chi connectivity index (χ1n) is 34.8. The molecule has 0 saturated carbocycles. The lowest BCUT2D eigenvalue weighted by atomic mass is 9.96. The molecule has 42 heteroatoms. The summed E-state index contributed by atoms with van der Waals surface area (Å²) in [6, 6.07) is -0.531. The number of ketones is 2. The molecule has 0 aromatic rings. The Kier molecular flexibility index (Phi) is 40.4. The Labute approximate surface area is 598 Å². The standard InChI is InChI=1S/C33H60N4O19.C29H51NO18/c1-15(41)16(6-4-5-9-34)36-37-21(43)8-3-2-7-20(42)35-10-11-51-33-30(56-32-27(49)25(47)23(45)18(13-39)53-32)28(50)29(19(14-40)54-33)55-31-26(48)24(46)22(44)17(12-38)52-31;1-2-30-17(35)8-4-3-6-13(34)7-5-9-43-29-26(48-28-23(41)21(39)19(37)15(11-32)45-28)24(42)25(16(12-33)46-29)47-27-22(40)20(38)18(36)14(10-31)44-27/h16-19,22-33,36,38-40,44-50H,2-14,34H2,1H3,(H,35,42)(H,37,43);14-16,18-29,31-33,36-42H,2-12H2,1H3,(H,30,35)/t16-,17+,18+,19+,22+,23+,24-,25-,26-,27-,28-,29+,30-,31+,32+,33-;14-,15-,16-,18-,19-,20+,21+,22+,23+,24+,25-,26+,27-,28-,29+/m01/s1. The third kappa shape index (κ3) is 26.0. The predicted octanol–water partition coefficient (Wildman–Crippen LogP) is -12.7. The van der Waals surface area contributed by atoms with Crippen LogP contribution in [0.2, 0.25) is 0 Å². The highest BCUT2D eigenvalue weighted by atomic mass is 16.8. The van der Waals surface area contributed by atoms with E-state index in [9.17, 15) is 126 Å². The monoisotopic (exact) mass is 1520 g/mol. The number of aliphatic hydroxyl groups excluding tert-OH is 20. The molecule has 6 saturated heterocycles. The molecule has 0 aliphatic carbocycles. The van der Waals surface area contributed by atoms with Crippen molar-refractivity contribution in [2.75, 3.05) is 72.5 Å². The van der Waals surface area contributed by atoms with E-state index < -0.39 is 230 Å². The Hall–Kier alpha value is -3.61. The van der Waals surface area contributed by atoms with Crippen LogP contribution in [0.4, 0.5) is 0 Å². The number of ether oxygens (including phenoxy) is 12. The number of nitrogens with two attached hydrogens (primary N) is 1. The minimum Gasteiger partial charge on any atom is -0.394 e. The molecule has 6 heterocycles. The molecule has 0 unspecified atom stereocenters. The van der Waals surface area contributed by atoms with E-state index in [-0.39, 0.29) is 81.2 Å². The van der Waals surface area contributed by atoms with Gasteiger partial charge >= 0.3 is 0 Å². The summed E-state index contributed by atoms with van der Waals surface area (Å²) in [5.74, 6) is -1.01. The Morgan fingerprint density at radius 1 is 0.375 bits per heavy atom. The maximum Gasteiger partial charge on any atom is 0.234 e. The van der Waals surface area contributed by atoms with Gasteiger partial charge in [-0.25, -0.2) is 5.43 Å². The Bertz CT molecular complexity index is 2490. The molecule has 6 aliphatic heterocycles. The van der Waals surface area contributed by atoms with E-state index in [0.717, 1.165) is 12.8 Å². The van der Waals surface area contributed by atoms with Crippen LogP contribution in [0.5, 0.6) is 0 Å². The van der Waals surface area contributed by atoms with E-state index in [2.05, 4.69) is 21.5 Å². The number of amides is 3. The molecule has 0 aromatic heterocycles. The van der Waals surface area contributed by atoms with Crippen LogP contribution >= 0.6 is 0 Å². The van der Waals surface area contributed by atoms with Crippen LogP contribution in [0.25, 0.3) is 0 Å². The normalized spacial score (nSPS) is 38.5. The van der Waals surface area contributed by atoms with Crippen LogP contribution in [0, 0.1) is 0 Å². The van der Waals surface area contributed by atoms with Gasteiger partial charge in [-0.2, -0.15) is 0 Å². The van der Waals surface area contributed by atoms with E-state index in [1.54, 1.807) is 0 Å². The molecule has 6 fully saturated rings. The fourth-order valence-corrected chi connectivity index (χ4v) is 11.9. The maximum absolute atomic E-state index is 12.5. The van der Waals surface area contributed by atoms with Crippen LogP contribution in [-0.2, 0) is 80.8 Å². The molecular formula is C62H111N5O37. The second-order valence-electron chi connectivity index (χ2n) is 25.9. The van der Waals surface area contributed by atoms with Crippen molar-refractivity contribution in [3.63, 3.8) is 0 Å². The predicted molar refractivity (Wildman–Crippen MR) is 341 cm³/mol. The first kappa shape index (κ1) is 91.0. The molecule has 0 spiro atoms. The SMILES string of the molecule is CC(=O)[C@H](CCCCN)NNC(=O)CCCCC(=O)NCCO[C@H]1O[C@H](CO)[C@@H](O[C@H]2O[C@H](CO)[C@@H](O)[C@H](O)[C@@H]2O)[C@H](O)[C@@H]1O[C@H]1O[C@H](CO)[C@@H](O)[C@H](O)[C@@H]1O.CCNC(=O)CCCCC(=O)CCCO[C@H]1O[C@H](CO)[C@@H](O[C@H]2O[C@H](CO)[C@@H](O)[C@H](O)[C@@H]2O)[C@H](O)[C@@H]1O[C@H]1O[C@H](CO)[C@@H](O)[C@H](O)[C@@H]1O. The lowest BCUT2D eigenvalue weighted by Crippen LogP contribution is -2.67. The van der Waals surface area contributed by atoms with Crippen molar-refractivity contribution in [2.45, 2.75) is 288 Å². The maximum atomic E-state index is 12.5. The number of Topliss-reactive ketones (excluding diaryl/α,β-unsaturated/α-hetero) is 2. The van der Waals surface area contributed by atoms with Crippen molar-refractivity contribution >= 4 is 29.3 Å². The van der Waals surface area contributed by atoms with Crippen molar-refractivity contribution in [3.05, 3.63) is 0 Å². The molecule has 3 amide bonds. The minimum atomic E-state index is -1.92. The number of hydrogen-bond acceptors (Lipinski definition) is 39. The van der Waals surface area contributed by atoms with E-state index in [0.29, 0.717) is 51.6 Å². The quantitative estimate of drug-likeness (QED) is 0.0200. The van der Waals surface area contributed by atoms with Crippen molar-refractivity contribution in [1.29, 1.82) is 0 Å². The third-order valence-corrected chi connectivity index (χ3v) is 18.1. The number of unbranched alkanes of at least 4 members (excludes halogenated alkanes) is 3. The van der Waals surface area contributed by atoms with E-state index >= 15 is 0 Å². The fraction of sp³-hybridized carbons (Fsp3) is 0.919. The Morgan fingerprint density at radius 3 is 1.08 bits per heavy atom.